The fourth-order valence-corrected chi connectivity index (χ4v) is 3.49. The predicted molar refractivity (Wildman–Crippen MR) is 78.8 cm³/mol. The van der Waals surface area contributed by atoms with Crippen LogP contribution in [0.1, 0.15) is 52.9 Å². The number of likely N-dealkylation sites (tertiary alicyclic amines) is 2. The van der Waals surface area contributed by atoms with Crippen molar-refractivity contribution in [3.63, 3.8) is 0 Å². The highest BCUT2D eigenvalue weighted by molar-refractivity contribution is 5.85. The number of amides is 2. The molecule has 0 unspecified atom stereocenters. The van der Waals surface area contributed by atoms with Gasteiger partial charge < -0.3 is 14.5 Å². The quantitative estimate of drug-likeness (QED) is 0.746. The monoisotopic (exact) mass is 294 g/mol. The molecule has 0 aromatic rings. The predicted octanol–water partition coefficient (Wildman–Crippen LogP) is 2.40. The van der Waals surface area contributed by atoms with Gasteiger partial charge in [0, 0.05) is 25.7 Å². The van der Waals surface area contributed by atoms with Crippen LogP contribution in [0.15, 0.2) is 0 Å². The molecule has 118 valence electrons. The number of carbonyl (C=O) groups is 2. The summed E-state index contributed by atoms with van der Waals surface area (Å²) < 4.78 is 5.42. The van der Waals surface area contributed by atoms with Gasteiger partial charge in [0.25, 0.3) is 0 Å². The summed E-state index contributed by atoms with van der Waals surface area (Å²) in [5.41, 5.74) is -0.654. The molecule has 5 nitrogen and oxygen atoms in total. The maximum absolute atomic E-state index is 12.7. The maximum Gasteiger partial charge on any atom is 0.410 e. The Morgan fingerprint density at radius 1 is 1.14 bits per heavy atom. The summed E-state index contributed by atoms with van der Waals surface area (Å²) in [4.78, 5) is 28.6. The minimum absolute atomic E-state index is 0.193. The Labute approximate surface area is 126 Å². The van der Waals surface area contributed by atoms with Gasteiger partial charge in [0.05, 0.1) is 5.41 Å². The van der Waals surface area contributed by atoms with Crippen LogP contribution in [0.5, 0.6) is 0 Å². The molecule has 5 heteroatoms. The number of hydrogen-bond donors (Lipinski definition) is 0. The molecule has 0 bridgehead atoms. The van der Waals surface area contributed by atoms with E-state index in [1.165, 1.54) is 12.8 Å². The number of ether oxygens (including phenoxy) is 1. The molecular weight excluding hydrogens is 268 g/mol. The fraction of sp³-hybridized carbons (Fsp3) is 0.875. The van der Waals surface area contributed by atoms with Gasteiger partial charge in [-0.1, -0.05) is 0 Å². The molecule has 3 rings (SSSR count). The molecule has 21 heavy (non-hydrogen) atoms. The summed E-state index contributed by atoms with van der Waals surface area (Å²) >= 11 is 0. The van der Waals surface area contributed by atoms with Crippen molar-refractivity contribution in [2.45, 2.75) is 64.5 Å². The second-order valence-corrected chi connectivity index (χ2v) is 7.73. The Hall–Kier alpha value is -1.26. The third-order valence-electron chi connectivity index (χ3n) is 4.91. The van der Waals surface area contributed by atoms with Crippen LogP contribution in [0.25, 0.3) is 0 Å². The first-order valence-electron chi connectivity index (χ1n) is 8.10. The van der Waals surface area contributed by atoms with E-state index >= 15 is 0 Å². The number of rotatable bonds is 1. The number of nitrogens with zero attached hydrogens (tertiary/aromatic N) is 2. The zero-order valence-electron chi connectivity index (χ0n) is 13.4. The van der Waals surface area contributed by atoms with E-state index in [-0.39, 0.29) is 11.5 Å². The molecule has 0 radical (unpaired) electrons. The van der Waals surface area contributed by atoms with Crippen LogP contribution in [-0.2, 0) is 9.53 Å². The Morgan fingerprint density at radius 2 is 1.71 bits per heavy atom. The smallest absolute Gasteiger partial charge is 0.410 e. The van der Waals surface area contributed by atoms with Gasteiger partial charge in [0.2, 0.25) is 5.91 Å². The molecule has 2 aliphatic heterocycles. The molecule has 2 saturated heterocycles. The summed E-state index contributed by atoms with van der Waals surface area (Å²) in [5.74, 6) is 0.342. The van der Waals surface area contributed by atoms with Gasteiger partial charge in [-0.3, -0.25) is 4.79 Å². The molecule has 0 atom stereocenters. The summed E-state index contributed by atoms with van der Waals surface area (Å²) in [5, 5.41) is 0. The van der Waals surface area contributed by atoms with Crippen molar-refractivity contribution in [2.75, 3.05) is 19.6 Å². The third kappa shape index (κ3) is 2.87. The highest BCUT2D eigenvalue weighted by Gasteiger charge is 2.51. The largest absolute Gasteiger partial charge is 0.444 e. The van der Waals surface area contributed by atoms with Crippen LogP contribution >= 0.6 is 0 Å². The molecule has 1 saturated carbocycles. The zero-order valence-corrected chi connectivity index (χ0v) is 13.4. The van der Waals surface area contributed by atoms with Crippen LogP contribution in [0, 0.1) is 5.41 Å². The molecule has 0 aromatic carbocycles. The highest BCUT2D eigenvalue weighted by atomic mass is 16.6. The Kier molecular flexibility index (Phi) is 3.41. The molecule has 0 aromatic heterocycles. The second kappa shape index (κ2) is 4.89. The number of piperidine rings is 1. The lowest BCUT2D eigenvalue weighted by atomic mass is 9.77. The van der Waals surface area contributed by atoms with Gasteiger partial charge in [-0.05, 0) is 52.9 Å². The molecule has 1 aliphatic carbocycles. The fourth-order valence-electron chi connectivity index (χ4n) is 3.49. The van der Waals surface area contributed by atoms with E-state index in [2.05, 4.69) is 4.90 Å². The van der Waals surface area contributed by atoms with Gasteiger partial charge in [-0.25, -0.2) is 4.79 Å². The lowest BCUT2D eigenvalue weighted by Crippen LogP contribution is -2.48. The van der Waals surface area contributed by atoms with Crippen molar-refractivity contribution in [1.29, 1.82) is 0 Å². The van der Waals surface area contributed by atoms with Crippen LogP contribution in [0.4, 0.5) is 4.79 Å². The first-order valence-corrected chi connectivity index (χ1v) is 8.10. The van der Waals surface area contributed by atoms with Gasteiger partial charge >= 0.3 is 6.09 Å². The van der Waals surface area contributed by atoms with Gasteiger partial charge in [-0.15, -0.1) is 0 Å². The molecule has 2 amide bonds. The van der Waals surface area contributed by atoms with Crippen LogP contribution in [0.2, 0.25) is 0 Å². The first kappa shape index (κ1) is 14.7. The van der Waals surface area contributed by atoms with Crippen molar-refractivity contribution >= 4 is 12.0 Å². The molecule has 3 fully saturated rings. The van der Waals surface area contributed by atoms with Crippen LogP contribution in [-0.4, -0.2) is 53.1 Å². The highest BCUT2D eigenvalue weighted by Crippen LogP contribution is 2.45. The van der Waals surface area contributed by atoms with E-state index in [0.29, 0.717) is 25.0 Å². The Balaban J connectivity index is 1.58. The Bertz CT molecular complexity index is 443. The number of carbonyl (C=O) groups excluding carboxylic acids is 2. The lowest BCUT2D eigenvalue weighted by Gasteiger charge is -2.38. The van der Waals surface area contributed by atoms with Crippen molar-refractivity contribution in [3.05, 3.63) is 0 Å². The summed E-state index contributed by atoms with van der Waals surface area (Å²) in [7, 11) is 0. The lowest BCUT2D eigenvalue weighted by molar-refractivity contribution is -0.138. The van der Waals surface area contributed by atoms with Crippen LogP contribution < -0.4 is 0 Å². The van der Waals surface area contributed by atoms with Crippen molar-refractivity contribution in [2.24, 2.45) is 5.41 Å². The standard InChI is InChI=1S/C16H26N2O3/c1-15(2,3)21-14(20)17-9-6-16(7-10-17)8-11-18(13(16)19)12-4-5-12/h12H,4-11H2,1-3H3. The third-order valence-corrected chi connectivity index (χ3v) is 4.91. The average molecular weight is 294 g/mol. The van der Waals surface area contributed by atoms with Crippen molar-refractivity contribution < 1.29 is 14.3 Å². The van der Waals surface area contributed by atoms with E-state index in [0.717, 1.165) is 25.8 Å². The van der Waals surface area contributed by atoms with Gasteiger partial charge in [0.1, 0.15) is 5.60 Å². The maximum atomic E-state index is 12.7. The molecule has 0 N–H and O–H groups in total. The summed E-state index contributed by atoms with van der Waals surface area (Å²) in [6.07, 6.45) is 4.63. The van der Waals surface area contributed by atoms with Gasteiger partial charge in [-0.2, -0.15) is 0 Å². The number of hydrogen-bond acceptors (Lipinski definition) is 3. The second-order valence-electron chi connectivity index (χ2n) is 7.73. The zero-order chi connectivity index (χ0) is 15.3. The van der Waals surface area contributed by atoms with E-state index in [9.17, 15) is 9.59 Å². The molecule has 1 spiro atoms. The minimum Gasteiger partial charge on any atom is -0.444 e. The van der Waals surface area contributed by atoms with E-state index in [1.807, 2.05) is 20.8 Å². The summed E-state index contributed by atoms with van der Waals surface area (Å²) in [6.45, 7) is 7.83. The minimum atomic E-state index is -0.460. The normalized spacial score (nSPS) is 25.6. The first-order chi connectivity index (χ1) is 9.81. The Morgan fingerprint density at radius 3 is 2.24 bits per heavy atom. The van der Waals surface area contributed by atoms with Crippen LogP contribution in [0.3, 0.4) is 0 Å². The van der Waals surface area contributed by atoms with E-state index in [1.54, 1.807) is 4.90 Å². The molecule has 2 heterocycles. The average Bonchev–Trinajstić information content (AvgIpc) is 3.18. The van der Waals surface area contributed by atoms with Gasteiger partial charge in [0.15, 0.2) is 0 Å². The topological polar surface area (TPSA) is 49.9 Å². The van der Waals surface area contributed by atoms with E-state index in [4.69, 9.17) is 4.74 Å². The van der Waals surface area contributed by atoms with E-state index < -0.39 is 5.60 Å². The SMILES string of the molecule is CC(C)(C)OC(=O)N1CCC2(CC1)CCN(C1CC1)C2=O. The van der Waals surface area contributed by atoms with Crippen molar-refractivity contribution in [1.82, 2.24) is 9.80 Å². The van der Waals surface area contributed by atoms with Crippen molar-refractivity contribution in [3.8, 4) is 0 Å². The molecular formula is C16H26N2O3. The molecule has 3 aliphatic rings. The summed E-state index contributed by atoms with van der Waals surface area (Å²) in [6, 6.07) is 0.515.